The van der Waals surface area contributed by atoms with Gasteiger partial charge in [-0.3, -0.25) is 0 Å². The monoisotopic (exact) mass is 212 g/mol. The summed E-state index contributed by atoms with van der Waals surface area (Å²) in [5.41, 5.74) is 0. The van der Waals surface area contributed by atoms with E-state index < -0.39 is 0 Å². The maximum absolute atomic E-state index is 5.55. The molecule has 0 radical (unpaired) electrons. The molecule has 3 heteroatoms. The van der Waals surface area contributed by atoms with E-state index in [9.17, 15) is 0 Å². The average molecular weight is 212 g/mol. The first-order valence-electron chi connectivity index (χ1n) is 6.29. The molecular formula is C12H24N2O. The van der Waals surface area contributed by atoms with Crippen LogP contribution >= 0.6 is 0 Å². The van der Waals surface area contributed by atoms with Gasteiger partial charge in [0.2, 0.25) is 0 Å². The lowest BCUT2D eigenvalue weighted by atomic mass is 9.96. The number of hydrogen-bond donors (Lipinski definition) is 1. The highest BCUT2D eigenvalue weighted by Crippen LogP contribution is 2.17. The van der Waals surface area contributed by atoms with Crippen LogP contribution in [-0.4, -0.2) is 50.3 Å². The number of nitrogens with one attached hydrogen (secondary N) is 1. The highest BCUT2D eigenvalue weighted by atomic mass is 16.5. The van der Waals surface area contributed by atoms with Crippen molar-refractivity contribution in [2.45, 2.75) is 38.3 Å². The first-order chi connectivity index (χ1) is 7.25. The molecule has 2 aliphatic rings. The number of ether oxygens (including phenoxy) is 1. The van der Waals surface area contributed by atoms with Crippen molar-refractivity contribution >= 4 is 0 Å². The molecule has 0 spiro atoms. The van der Waals surface area contributed by atoms with E-state index in [0.29, 0.717) is 12.1 Å². The van der Waals surface area contributed by atoms with Crippen molar-refractivity contribution < 1.29 is 4.74 Å². The standard InChI is InChI=1S/C12H24N2O/c1-10-12(5-8-15-10)13-9-11-3-6-14(2)7-4-11/h10-13H,3-9H2,1-2H3. The van der Waals surface area contributed by atoms with E-state index in [0.717, 1.165) is 12.5 Å². The molecule has 0 saturated carbocycles. The molecule has 2 saturated heterocycles. The van der Waals surface area contributed by atoms with E-state index in [2.05, 4.69) is 24.2 Å². The normalized spacial score (nSPS) is 34.8. The second kappa shape index (κ2) is 5.28. The number of rotatable bonds is 3. The van der Waals surface area contributed by atoms with E-state index in [4.69, 9.17) is 4.74 Å². The minimum atomic E-state index is 0.413. The first kappa shape index (κ1) is 11.4. The van der Waals surface area contributed by atoms with Gasteiger partial charge in [-0.1, -0.05) is 0 Å². The van der Waals surface area contributed by atoms with Crippen LogP contribution in [0.3, 0.4) is 0 Å². The zero-order valence-electron chi connectivity index (χ0n) is 10.0. The summed E-state index contributed by atoms with van der Waals surface area (Å²) in [4.78, 5) is 2.43. The second-order valence-electron chi connectivity index (χ2n) is 5.13. The Morgan fingerprint density at radius 1 is 1.27 bits per heavy atom. The Bertz CT molecular complexity index is 190. The predicted octanol–water partition coefficient (Wildman–Crippen LogP) is 1.10. The third-order valence-electron chi connectivity index (χ3n) is 3.88. The Morgan fingerprint density at radius 3 is 2.60 bits per heavy atom. The molecule has 2 rings (SSSR count). The molecular weight excluding hydrogens is 188 g/mol. The molecule has 0 aromatic carbocycles. The Balaban J connectivity index is 1.65. The topological polar surface area (TPSA) is 24.5 Å². The number of likely N-dealkylation sites (tertiary alicyclic amines) is 1. The van der Waals surface area contributed by atoms with Gasteiger partial charge in [0.15, 0.2) is 0 Å². The van der Waals surface area contributed by atoms with Gasteiger partial charge in [0.1, 0.15) is 0 Å². The van der Waals surface area contributed by atoms with Crippen LogP contribution in [0.2, 0.25) is 0 Å². The summed E-state index contributed by atoms with van der Waals surface area (Å²) in [6, 6.07) is 0.602. The second-order valence-corrected chi connectivity index (χ2v) is 5.13. The van der Waals surface area contributed by atoms with Crippen molar-refractivity contribution in [1.82, 2.24) is 10.2 Å². The molecule has 2 unspecified atom stereocenters. The van der Waals surface area contributed by atoms with Gasteiger partial charge < -0.3 is 15.0 Å². The number of piperidine rings is 1. The molecule has 2 aliphatic heterocycles. The maximum Gasteiger partial charge on any atom is 0.0700 e. The molecule has 0 aromatic heterocycles. The highest BCUT2D eigenvalue weighted by Gasteiger charge is 2.25. The smallest absolute Gasteiger partial charge is 0.0700 e. The molecule has 15 heavy (non-hydrogen) atoms. The molecule has 3 nitrogen and oxygen atoms in total. The van der Waals surface area contributed by atoms with Gasteiger partial charge in [-0.15, -0.1) is 0 Å². The van der Waals surface area contributed by atoms with Gasteiger partial charge in [0, 0.05) is 12.6 Å². The van der Waals surface area contributed by atoms with Gasteiger partial charge >= 0.3 is 0 Å². The van der Waals surface area contributed by atoms with Crippen LogP contribution in [0.4, 0.5) is 0 Å². The van der Waals surface area contributed by atoms with Crippen LogP contribution in [0.25, 0.3) is 0 Å². The van der Waals surface area contributed by atoms with Crippen LogP contribution in [0, 0.1) is 5.92 Å². The molecule has 0 bridgehead atoms. The molecule has 0 aliphatic carbocycles. The van der Waals surface area contributed by atoms with Crippen molar-refractivity contribution in [3.63, 3.8) is 0 Å². The minimum Gasteiger partial charge on any atom is -0.377 e. The SMILES string of the molecule is CC1OCCC1NCC1CCN(C)CC1. The zero-order chi connectivity index (χ0) is 10.7. The van der Waals surface area contributed by atoms with Gasteiger partial charge in [0.25, 0.3) is 0 Å². The van der Waals surface area contributed by atoms with E-state index in [1.165, 1.54) is 38.9 Å². The molecule has 1 N–H and O–H groups in total. The van der Waals surface area contributed by atoms with E-state index >= 15 is 0 Å². The van der Waals surface area contributed by atoms with Crippen molar-refractivity contribution in [3.8, 4) is 0 Å². The molecule has 0 aromatic rings. The molecule has 2 heterocycles. The molecule has 2 fully saturated rings. The summed E-state index contributed by atoms with van der Waals surface area (Å²) in [7, 11) is 2.22. The fourth-order valence-electron chi connectivity index (χ4n) is 2.58. The quantitative estimate of drug-likeness (QED) is 0.758. The van der Waals surface area contributed by atoms with Gasteiger partial charge in [-0.25, -0.2) is 0 Å². The van der Waals surface area contributed by atoms with E-state index in [1.807, 2.05) is 0 Å². The first-order valence-corrected chi connectivity index (χ1v) is 6.29. The summed E-state index contributed by atoms with van der Waals surface area (Å²) in [6.45, 7) is 6.84. The Hall–Kier alpha value is -0.120. The van der Waals surface area contributed by atoms with Gasteiger partial charge in [-0.2, -0.15) is 0 Å². The summed E-state index contributed by atoms with van der Waals surface area (Å²) in [6.07, 6.45) is 4.31. The lowest BCUT2D eigenvalue weighted by Crippen LogP contribution is -2.41. The third kappa shape index (κ3) is 3.16. The third-order valence-corrected chi connectivity index (χ3v) is 3.88. The summed E-state index contributed by atoms with van der Waals surface area (Å²) in [5.74, 6) is 0.883. The van der Waals surface area contributed by atoms with Gasteiger partial charge in [0.05, 0.1) is 6.10 Å². The Kier molecular flexibility index (Phi) is 4.00. The zero-order valence-corrected chi connectivity index (χ0v) is 10.0. The van der Waals surface area contributed by atoms with Crippen molar-refractivity contribution in [2.24, 2.45) is 5.92 Å². The fraction of sp³-hybridized carbons (Fsp3) is 1.00. The molecule has 88 valence electrons. The van der Waals surface area contributed by atoms with Crippen LogP contribution in [0.15, 0.2) is 0 Å². The number of nitrogens with zero attached hydrogens (tertiary/aromatic N) is 1. The van der Waals surface area contributed by atoms with Gasteiger partial charge in [-0.05, 0) is 58.8 Å². The average Bonchev–Trinajstić information content (AvgIpc) is 2.63. The van der Waals surface area contributed by atoms with Crippen LogP contribution < -0.4 is 5.32 Å². The van der Waals surface area contributed by atoms with E-state index in [1.54, 1.807) is 0 Å². The largest absolute Gasteiger partial charge is 0.377 e. The molecule has 0 amide bonds. The Labute approximate surface area is 93.2 Å². The predicted molar refractivity (Wildman–Crippen MR) is 62.0 cm³/mol. The summed E-state index contributed by atoms with van der Waals surface area (Å²) >= 11 is 0. The van der Waals surface area contributed by atoms with Crippen molar-refractivity contribution in [3.05, 3.63) is 0 Å². The van der Waals surface area contributed by atoms with Crippen molar-refractivity contribution in [2.75, 3.05) is 33.3 Å². The fourth-order valence-corrected chi connectivity index (χ4v) is 2.58. The maximum atomic E-state index is 5.55. The molecule has 2 atom stereocenters. The lowest BCUT2D eigenvalue weighted by Gasteiger charge is -2.30. The minimum absolute atomic E-state index is 0.413. The highest BCUT2D eigenvalue weighted by molar-refractivity contribution is 4.81. The van der Waals surface area contributed by atoms with Crippen molar-refractivity contribution in [1.29, 1.82) is 0 Å². The summed E-state index contributed by atoms with van der Waals surface area (Å²) < 4.78 is 5.55. The van der Waals surface area contributed by atoms with E-state index in [-0.39, 0.29) is 0 Å². The Morgan fingerprint density at radius 2 is 2.00 bits per heavy atom. The van der Waals surface area contributed by atoms with Crippen LogP contribution in [0.1, 0.15) is 26.2 Å². The van der Waals surface area contributed by atoms with Crippen LogP contribution in [-0.2, 0) is 4.74 Å². The number of hydrogen-bond acceptors (Lipinski definition) is 3. The lowest BCUT2D eigenvalue weighted by molar-refractivity contribution is 0.111. The summed E-state index contributed by atoms with van der Waals surface area (Å²) in [5, 5.41) is 3.67. The van der Waals surface area contributed by atoms with Crippen LogP contribution in [0.5, 0.6) is 0 Å².